The number of amides is 3. The highest BCUT2D eigenvalue weighted by Crippen LogP contribution is 2.17. The van der Waals surface area contributed by atoms with Gasteiger partial charge < -0.3 is 20.3 Å². The van der Waals surface area contributed by atoms with Crippen molar-refractivity contribution >= 4 is 17.7 Å². The molecule has 1 fully saturated rings. The average Bonchev–Trinajstić information content (AvgIpc) is 2.90. The highest BCUT2D eigenvalue weighted by Gasteiger charge is 2.31. The number of carbonyl (C=O) groups excluding carboxylic acids is 3. The van der Waals surface area contributed by atoms with Crippen molar-refractivity contribution in [1.82, 2.24) is 15.5 Å². The van der Waals surface area contributed by atoms with E-state index in [4.69, 9.17) is 4.74 Å². The predicted octanol–water partition coefficient (Wildman–Crippen LogP) is -0.0941. The number of ether oxygens (including phenoxy) is 1. The molecule has 0 radical (unpaired) electrons. The molecule has 3 amide bonds. The van der Waals surface area contributed by atoms with Gasteiger partial charge in [-0.15, -0.1) is 0 Å². The fraction of sp³-hybridized carbons (Fsp3) is 0.438. The fourth-order valence-corrected chi connectivity index (χ4v) is 2.34. The molecule has 124 valence electrons. The molecule has 1 heterocycles. The van der Waals surface area contributed by atoms with Crippen LogP contribution in [0.15, 0.2) is 24.3 Å². The van der Waals surface area contributed by atoms with Gasteiger partial charge in [0.2, 0.25) is 11.8 Å². The van der Waals surface area contributed by atoms with Crippen molar-refractivity contribution in [3.05, 3.63) is 29.8 Å². The molecule has 0 unspecified atom stereocenters. The molecule has 1 aliphatic heterocycles. The number of likely N-dealkylation sites (tertiary alicyclic amines) is 1. The summed E-state index contributed by atoms with van der Waals surface area (Å²) in [5.41, 5.74) is 0.866. The van der Waals surface area contributed by atoms with Crippen molar-refractivity contribution in [2.45, 2.75) is 13.0 Å². The molecule has 2 N–H and O–H groups in total. The summed E-state index contributed by atoms with van der Waals surface area (Å²) in [7, 11) is 3.24. The number of nitrogens with zero attached hydrogens (tertiary/aromatic N) is 1. The second-order valence-electron chi connectivity index (χ2n) is 5.50. The highest BCUT2D eigenvalue weighted by molar-refractivity contribution is 5.89. The first-order valence-electron chi connectivity index (χ1n) is 7.43. The van der Waals surface area contributed by atoms with Crippen LogP contribution in [0.25, 0.3) is 0 Å². The lowest BCUT2D eigenvalue weighted by Gasteiger charge is -2.12. The van der Waals surface area contributed by atoms with Crippen LogP contribution in [0.5, 0.6) is 5.75 Å². The molecule has 1 atom stereocenters. The molecule has 1 saturated heterocycles. The lowest BCUT2D eigenvalue weighted by Crippen LogP contribution is -2.31. The Bertz CT molecular complexity index is 603. The summed E-state index contributed by atoms with van der Waals surface area (Å²) in [6.45, 7) is 0.757. The standard InChI is InChI=1S/C16H21N3O4/c1-17-14(20)10-23-13-5-3-4-11(6-13)8-18-16(22)12-7-15(21)19(2)9-12/h3-6,12H,7-10H2,1-2H3,(H,17,20)(H,18,22)/t12-/m0/s1. The Morgan fingerprint density at radius 3 is 2.83 bits per heavy atom. The van der Waals surface area contributed by atoms with Crippen LogP contribution in [0, 0.1) is 5.92 Å². The lowest BCUT2D eigenvalue weighted by molar-refractivity contribution is -0.128. The van der Waals surface area contributed by atoms with Crippen LogP contribution in [0.4, 0.5) is 0 Å². The zero-order valence-corrected chi connectivity index (χ0v) is 13.3. The van der Waals surface area contributed by atoms with Crippen molar-refractivity contribution in [2.24, 2.45) is 5.92 Å². The third-order valence-electron chi connectivity index (χ3n) is 3.73. The fourth-order valence-electron chi connectivity index (χ4n) is 2.34. The molecule has 0 aliphatic carbocycles. The van der Waals surface area contributed by atoms with E-state index in [1.807, 2.05) is 6.07 Å². The van der Waals surface area contributed by atoms with Crippen LogP contribution >= 0.6 is 0 Å². The third kappa shape index (κ3) is 4.70. The number of carbonyl (C=O) groups is 3. The number of benzene rings is 1. The normalized spacial score (nSPS) is 17.0. The third-order valence-corrected chi connectivity index (χ3v) is 3.73. The maximum Gasteiger partial charge on any atom is 0.257 e. The Morgan fingerprint density at radius 2 is 2.17 bits per heavy atom. The Kier molecular flexibility index (Phi) is 5.56. The number of likely N-dealkylation sites (N-methyl/N-ethyl adjacent to an activating group) is 1. The molecular weight excluding hydrogens is 298 g/mol. The van der Waals surface area contributed by atoms with Crippen molar-refractivity contribution in [2.75, 3.05) is 27.2 Å². The largest absolute Gasteiger partial charge is 0.484 e. The molecule has 2 rings (SSSR count). The van der Waals surface area contributed by atoms with E-state index >= 15 is 0 Å². The molecule has 7 heteroatoms. The SMILES string of the molecule is CNC(=O)COc1cccc(CNC(=O)[C@H]2CC(=O)N(C)C2)c1. The maximum absolute atomic E-state index is 12.1. The molecule has 0 bridgehead atoms. The van der Waals surface area contributed by atoms with Gasteiger partial charge in [0.15, 0.2) is 6.61 Å². The van der Waals surface area contributed by atoms with E-state index < -0.39 is 0 Å². The van der Waals surface area contributed by atoms with Crippen LogP contribution in [-0.4, -0.2) is 49.9 Å². The molecule has 0 saturated carbocycles. The van der Waals surface area contributed by atoms with Gasteiger partial charge in [0.1, 0.15) is 5.75 Å². The summed E-state index contributed by atoms with van der Waals surface area (Å²) >= 11 is 0. The van der Waals surface area contributed by atoms with Crippen LogP contribution < -0.4 is 15.4 Å². The zero-order valence-electron chi connectivity index (χ0n) is 13.3. The molecule has 7 nitrogen and oxygen atoms in total. The van der Waals surface area contributed by atoms with E-state index in [-0.39, 0.29) is 36.7 Å². The second kappa shape index (κ2) is 7.62. The first-order chi connectivity index (χ1) is 11.0. The molecule has 0 spiro atoms. The molecule has 0 aromatic heterocycles. The van der Waals surface area contributed by atoms with Crippen molar-refractivity contribution in [3.63, 3.8) is 0 Å². The van der Waals surface area contributed by atoms with E-state index in [0.29, 0.717) is 18.8 Å². The zero-order chi connectivity index (χ0) is 16.8. The van der Waals surface area contributed by atoms with E-state index in [1.165, 1.54) is 0 Å². The molecule has 23 heavy (non-hydrogen) atoms. The smallest absolute Gasteiger partial charge is 0.257 e. The molecule has 1 aliphatic rings. The molecular formula is C16H21N3O4. The van der Waals surface area contributed by atoms with Crippen molar-refractivity contribution < 1.29 is 19.1 Å². The number of hydrogen-bond donors (Lipinski definition) is 2. The van der Waals surface area contributed by atoms with Gasteiger partial charge in [0.05, 0.1) is 5.92 Å². The Morgan fingerprint density at radius 1 is 1.39 bits per heavy atom. The van der Waals surface area contributed by atoms with Gasteiger partial charge in [-0.2, -0.15) is 0 Å². The maximum atomic E-state index is 12.1. The van der Waals surface area contributed by atoms with Gasteiger partial charge in [0, 0.05) is 33.6 Å². The minimum Gasteiger partial charge on any atom is -0.484 e. The minimum absolute atomic E-state index is 0.00486. The quantitative estimate of drug-likeness (QED) is 0.767. The summed E-state index contributed by atoms with van der Waals surface area (Å²) in [6.07, 6.45) is 0.262. The van der Waals surface area contributed by atoms with Crippen molar-refractivity contribution in [3.8, 4) is 5.75 Å². The van der Waals surface area contributed by atoms with Gasteiger partial charge in [-0.05, 0) is 17.7 Å². The average molecular weight is 319 g/mol. The monoisotopic (exact) mass is 319 g/mol. The van der Waals surface area contributed by atoms with Gasteiger partial charge >= 0.3 is 0 Å². The first kappa shape index (κ1) is 16.8. The van der Waals surface area contributed by atoms with Crippen LogP contribution in [0.3, 0.4) is 0 Å². The van der Waals surface area contributed by atoms with Gasteiger partial charge in [-0.1, -0.05) is 12.1 Å². The van der Waals surface area contributed by atoms with Gasteiger partial charge in [-0.3, -0.25) is 14.4 Å². The summed E-state index contributed by atoms with van der Waals surface area (Å²) in [5.74, 6) is -0.0656. The minimum atomic E-state index is -0.291. The lowest BCUT2D eigenvalue weighted by atomic mass is 10.1. The van der Waals surface area contributed by atoms with Crippen LogP contribution in [-0.2, 0) is 20.9 Å². The second-order valence-corrected chi connectivity index (χ2v) is 5.50. The van der Waals surface area contributed by atoms with Crippen molar-refractivity contribution in [1.29, 1.82) is 0 Å². The number of hydrogen-bond acceptors (Lipinski definition) is 4. The Labute approximate surface area is 135 Å². The highest BCUT2D eigenvalue weighted by atomic mass is 16.5. The van der Waals surface area contributed by atoms with E-state index in [1.54, 1.807) is 37.2 Å². The topological polar surface area (TPSA) is 87.7 Å². The van der Waals surface area contributed by atoms with E-state index in [9.17, 15) is 14.4 Å². The summed E-state index contributed by atoms with van der Waals surface area (Å²) in [4.78, 5) is 36.3. The summed E-state index contributed by atoms with van der Waals surface area (Å²) in [5, 5.41) is 5.31. The van der Waals surface area contributed by atoms with Gasteiger partial charge in [0.25, 0.3) is 5.91 Å². The Balaban J connectivity index is 1.84. The van der Waals surface area contributed by atoms with Crippen LogP contribution in [0.2, 0.25) is 0 Å². The van der Waals surface area contributed by atoms with E-state index in [0.717, 1.165) is 5.56 Å². The predicted molar refractivity (Wildman–Crippen MR) is 83.6 cm³/mol. The summed E-state index contributed by atoms with van der Waals surface area (Å²) < 4.78 is 5.36. The Hall–Kier alpha value is -2.57. The number of rotatable bonds is 6. The summed E-state index contributed by atoms with van der Waals surface area (Å²) in [6, 6.07) is 7.18. The first-order valence-corrected chi connectivity index (χ1v) is 7.43. The number of nitrogens with one attached hydrogen (secondary N) is 2. The van der Waals surface area contributed by atoms with E-state index in [2.05, 4.69) is 10.6 Å². The van der Waals surface area contributed by atoms with Gasteiger partial charge in [-0.25, -0.2) is 0 Å². The molecule has 1 aromatic rings. The van der Waals surface area contributed by atoms with Crippen LogP contribution in [0.1, 0.15) is 12.0 Å². The molecule has 1 aromatic carbocycles.